The van der Waals surface area contributed by atoms with Gasteiger partial charge in [-0.05, 0) is 74.4 Å². The summed E-state index contributed by atoms with van der Waals surface area (Å²) in [5.74, 6) is 0.207. The fourth-order valence-corrected chi connectivity index (χ4v) is 4.81. The topological polar surface area (TPSA) is 75.7 Å². The second kappa shape index (κ2) is 10.7. The monoisotopic (exact) mass is 486 g/mol. The number of carbonyl (C=O) groups excluding carboxylic acids is 1. The van der Waals surface area contributed by atoms with Crippen LogP contribution in [0, 0.1) is 20.8 Å². The third-order valence-corrected chi connectivity index (χ3v) is 7.06. The molecule has 1 amide bonds. The molecule has 0 heterocycles. The lowest BCUT2D eigenvalue weighted by Crippen LogP contribution is -2.42. The molecule has 0 aromatic heterocycles. The van der Waals surface area contributed by atoms with Crippen LogP contribution in [0.1, 0.15) is 16.7 Å². The molecule has 0 bridgehead atoms. The van der Waals surface area contributed by atoms with Crippen LogP contribution in [0.5, 0.6) is 5.75 Å². The number of nitrogens with one attached hydrogen (secondary N) is 1. The van der Waals surface area contributed by atoms with Crippen molar-refractivity contribution in [2.45, 2.75) is 25.7 Å². The average Bonchev–Trinajstić information content (AvgIpc) is 2.78. The minimum Gasteiger partial charge on any atom is -0.492 e. The van der Waals surface area contributed by atoms with Crippen molar-refractivity contribution in [3.63, 3.8) is 0 Å². The fourth-order valence-electron chi connectivity index (χ4n) is 3.20. The van der Waals surface area contributed by atoms with Gasteiger partial charge in [0, 0.05) is 5.02 Å². The first-order valence-electron chi connectivity index (χ1n) is 10.5. The Labute approximate surface area is 200 Å². The van der Waals surface area contributed by atoms with Gasteiger partial charge in [-0.15, -0.1) is 0 Å². The van der Waals surface area contributed by atoms with Gasteiger partial charge < -0.3 is 10.1 Å². The number of nitrogens with zero attached hydrogens (tertiary/aromatic N) is 1. The number of amides is 1. The molecule has 6 nitrogen and oxygen atoms in total. The molecule has 33 heavy (non-hydrogen) atoms. The average molecular weight is 487 g/mol. The summed E-state index contributed by atoms with van der Waals surface area (Å²) in [5, 5.41) is 3.34. The van der Waals surface area contributed by atoms with E-state index in [2.05, 4.69) is 5.32 Å². The van der Waals surface area contributed by atoms with Crippen molar-refractivity contribution in [3.05, 3.63) is 88.4 Å². The van der Waals surface area contributed by atoms with Gasteiger partial charge in [0.15, 0.2) is 0 Å². The van der Waals surface area contributed by atoms with Gasteiger partial charge in [-0.1, -0.05) is 41.4 Å². The van der Waals surface area contributed by atoms with Crippen LogP contribution < -0.4 is 14.4 Å². The lowest BCUT2D eigenvalue weighted by Gasteiger charge is -2.26. The minimum absolute atomic E-state index is 0.132. The van der Waals surface area contributed by atoms with Gasteiger partial charge in [0.1, 0.15) is 18.9 Å². The molecular formula is C25H27ClN2O4S. The number of rotatable bonds is 9. The summed E-state index contributed by atoms with van der Waals surface area (Å²) in [6.07, 6.45) is 0. The highest BCUT2D eigenvalue weighted by atomic mass is 35.5. The zero-order valence-electron chi connectivity index (χ0n) is 18.8. The summed E-state index contributed by atoms with van der Waals surface area (Å²) in [6.45, 7) is 5.71. The van der Waals surface area contributed by atoms with Gasteiger partial charge in [-0.25, -0.2) is 8.42 Å². The zero-order valence-corrected chi connectivity index (χ0v) is 20.4. The molecular weight excluding hydrogens is 460 g/mol. The first kappa shape index (κ1) is 24.6. The first-order chi connectivity index (χ1) is 15.7. The number of carbonyl (C=O) groups is 1. The SMILES string of the molecule is Cc1ccc(S(=O)(=O)N(CC(=O)NCCOc2ccc(Cl)cc2)c2cc(C)ccc2C)cc1. The number of hydrogen-bond acceptors (Lipinski definition) is 4. The molecule has 8 heteroatoms. The van der Waals surface area contributed by atoms with E-state index in [0.29, 0.717) is 16.5 Å². The largest absolute Gasteiger partial charge is 0.492 e. The maximum atomic E-state index is 13.5. The molecule has 0 unspecified atom stereocenters. The summed E-state index contributed by atoms with van der Waals surface area (Å²) in [7, 11) is -3.95. The quantitative estimate of drug-likeness (QED) is 0.446. The molecule has 0 atom stereocenters. The van der Waals surface area contributed by atoms with Gasteiger partial charge in [-0.3, -0.25) is 9.10 Å². The molecule has 0 spiro atoms. The van der Waals surface area contributed by atoms with E-state index in [1.165, 1.54) is 0 Å². The summed E-state index contributed by atoms with van der Waals surface area (Å²) in [4.78, 5) is 12.9. The summed E-state index contributed by atoms with van der Waals surface area (Å²) in [6, 6.07) is 19.0. The van der Waals surface area contributed by atoms with Gasteiger partial charge in [0.25, 0.3) is 10.0 Å². The van der Waals surface area contributed by atoms with Crippen molar-refractivity contribution in [2.75, 3.05) is 24.0 Å². The van der Waals surface area contributed by atoms with Crippen molar-refractivity contribution in [2.24, 2.45) is 0 Å². The molecule has 0 saturated heterocycles. The van der Waals surface area contributed by atoms with E-state index in [4.69, 9.17) is 16.3 Å². The summed E-state index contributed by atoms with van der Waals surface area (Å²) < 4.78 is 33.7. The normalized spacial score (nSPS) is 11.2. The van der Waals surface area contributed by atoms with Crippen LogP contribution in [0.25, 0.3) is 0 Å². The molecule has 3 rings (SSSR count). The number of sulfonamides is 1. The number of benzene rings is 3. The minimum atomic E-state index is -3.95. The second-order valence-corrected chi connectivity index (χ2v) is 10.1. The fraction of sp³-hybridized carbons (Fsp3) is 0.240. The van der Waals surface area contributed by atoms with Crippen LogP contribution in [0.15, 0.2) is 71.6 Å². The van der Waals surface area contributed by atoms with Crippen LogP contribution in [-0.2, 0) is 14.8 Å². The Morgan fingerprint density at radius 1 is 0.939 bits per heavy atom. The van der Waals surface area contributed by atoms with Crippen LogP contribution in [0.2, 0.25) is 5.02 Å². The van der Waals surface area contributed by atoms with Crippen molar-refractivity contribution < 1.29 is 17.9 Å². The molecule has 1 N–H and O–H groups in total. The van der Waals surface area contributed by atoms with Gasteiger partial charge in [0.05, 0.1) is 17.1 Å². The number of aryl methyl sites for hydroxylation is 3. The lowest BCUT2D eigenvalue weighted by atomic mass is 10.1. The third kappa shape index (κ3) is 6.49. The van der Waals surface area contributed by atoms with Crippen molar-refractivity contribution in [1.29, 1.82) is 0 Å². The molecule has 3 aromatic carbocycles. The standard InChI is InChI=1S/C25H27ClN2O4S/c1-18-5-12-23(13-6-18)33(30,31)28(24-16-19(2)4-7-20(24)3)17-25(29)27-14-15-32-22-10-8-21(26)9-11-22/h4-13,16H,14-15,17H2,1-3H3,(H,27,29). The second-order valence-electron chi connectivity index (χ2n) is 7.77. The van der Waals surface area contributed by atoms with E-state index < -0.39 is 15.9 Å². The highest BCUT2D eigenvalue weighted by Crippen LogP contribution is 2.28. The van der Waals surface area contributed by atoms with E-state index in [1.807, 2.05) is 32.9 Å². The highest BCUT2D eigenvalue weighted by molar-refractivity contribution is 7.92. The number of anilines is 1. The van der Waals surface area contributed by atoms with E-state index in [-0.39, 0.29) is 24.6 Å². The maximum Gasteiger partial charge on any atom is 0.264 e. The molecule has 3 aromatic rings. The van der Waals surface area contributed by atoms with Crippen LogP contribution in [0.3, 0.4) is 0 Å². The Kier molecular flexibility index (Phi) is 8.00. The molecule has 0 saturated carbocycles. The molecule has 0 aliphatic heterocycles. The Morgan fingerprint density at radius 3 is 2.24 bits per heavy atom. The molecule has 174 valence electrons. The van der Waals surface area contributed by atoms with Gasteiger partial charge >= 0.3 is 0 Å². The van der Waals surface area contributed by atoms with Gasteiger partial charge in [-0.2, -0.15) is 0 Å². The van der Waals surface area contributed by atoms with E-state index in [9.17, 15) is 13.2 Å². The maximum absolute atomic E-state index is 13.5. The predicted molar refractivity (Wildman–Crippen MR) is 132 cm³/mol. The number of hydrogen-bond donors (Lipinski definition) is 1. The van der Waals surface area contributed by atoms with Crippen molar-refractivity contribution >= 4 is 33.2 Å². The third-order valence-electron chi connectivity index (χ3n) is 5.04. The summed E-state index contributed by atoms with van der Waals surface area (Å²) >= 11 is 5.86. The number of halogens is 1. The van der Waals surface area contributed by atoms with E-state index in [1.54, 1.807) is 54.6 Å². The highest BCUT2D eigenvalue weighted by Gasteiger charge is 2.28. The summed E-state index contributed by atoms with van der Waals surface area (Å²) in [5.41, 5.74) is 3.08. The number of ether oxygens (including phenoxy) is 1. The van der Waals surface area contributed by atoms with Crippen LogP contribution >= 0.6 is 11.6 Å². The Bertz CT molecular complexity index is 1210. The van der Waals surface area contributed by atoms with E-state index >= 15 is 0 Å². The predicted octanol–water partition coefficient (Wildman–Crippen LogP) is 4.66. The smallest absolute Gasteiger partial charge is 0.264 e. The zero-order chi connectivity index (χ0) is 24.0. The van der Waals surface area contributed by atoms with Crippen molar-refractivity contribution in [1.82, 2.24) is 5.32 Å². The van der Waals surface area contributed by atoms with Gasteiger partial charge in [0.2, 0.25) is 5.91 Å². The Morgan fingerprint density at radius 2 is 1.58 bits per heavy atom. The lowest BCUT2D eigenvalue weighted by molar-refractivity contribution is -0.119. The van der Waals surface area contributed by atoms with Crippen LogP contribution in [0.4, 0.5) is 5.69 Å². The molecule has 0 aliphatic carbocycles. The Balaban J connectivity index is 1.75. The molecule has 0 aliphatic rings. The van der Waals surface area contributed by atoms with E-state index in [0.717, 1.165) is 21.0 Å². The first-order valence-corrected chi connectivity index (χ1v) is 12.3. The van der Waals surface area contributed by atoms with Crippen LogP contribution in [-0.4, -0.2) is 34.0 Å². The Hall–Kier alpha value is -3.03. The van der Waals surface area contributed by atoms with Crippen molar-refractivity contribution in [3.8, 4) is 5.75 Å². The molecule has 0 fully saturated rings. The molecule has 0 radical (unpaired) electrons.